The summed E-state index contributed by atoms with van der Waals surface area (Å²) in [4.78, 5) is 4.01. The lowest BCUT2D eigenvalue weighted by Crippen LogP contribution is -1.85. The molecule has 0 unspecified atom stereocenters. The first kappa shape index (κ1) is 10.7. The Labute approximate surface area is 74.0 Å². The van der Waals surface area contributed by atoms with E-state index in [9.17, 15) is 0 Å². The van der Waals surface area contributed by atoms with Crippen molar-refractivity contribution in [1.82, 2.24) is 0 Å². The van der Waals surface area contributed by atoms with Crippen LogP contribution in [0.3, 0.4) is 0 Å². The fraction of sp³-hybridized carbons (Fsp3) is 0.300. The summed E-state index contributed by atoms with van der Waals surface area (Å²) in [5, 5.41) is 0. The van der Waals surface area contributed by atoms with Crippen molar-refractivity contribution >= 4 is 6.21 Å². The van der Waals surface area contributed by atoms with Gasteiger partial charge in [0.25, 0.3) is 0 Å². The van der Waals surface area contributed by atoms with Crippen molar-refractivity contribution in [3.8, 4) is 0 Å². The zero-order chi connectivity index (χ0) is 9.40. The van der Waals surface area contributed by atoms with Crippen molar-refractivity contribution in [3.05, 3.63) is 36.8 Å². The van der Waals surface area contributed by atoms with Crippen LogP contribution >= 0.6 is 0 Å². The maximum atomic E-state index is 5.20. The summed E-state index contributed by atoms with van der Waals surface area (Å²) in [7, 11) is 0. The Balaban J connectivity index is 3.76. The second-order valence-corrected chi connectivity index (χ2v) is 2.37. The van der Waals surface area contributed by atoms with Gasteiger partial charge >= 0.3 is 0 Å². The third kappa shape index (κ3) is 6.81. The number of allylic oxidation sites excluding steroid dienone is 3. The molecule has 0 aromatic carbocycles. The lowest BCUT2D eigenvalue weighted by molar-refractivity contribution is 0.310. The maximum absolute atomic E-state index is 5.20. The molecule has 0 aliphatic rings. The van der Waals surface area contributed by atoms with Gasteiger partial charge in [-0.1, -0.05) is 19.2 Å². The third-order valence-corrected chi connectivity index (χ3v) is 1.03. The monoisotopic (exact) mass is 165 g/mol. The van der Waals surface area contributed by atoms with Gasteiger partial charge in [-0.3, -0.25) is 4.99 Å². The molecule has 0 rings (SSSR count). The Morgan fingerprint density at radius 3 is 2.67 bits per heavy atom. The van der Waals surface area contributed by atoms with E-state index in [-0.39, 0.29) is 0 Å². The highest BCUT2D eigenvalue weighted by Gasteiger charge is 1.87. The Hall–Kier alpha value is -1.31. The van der Waals surface area contributed by atoms with Gasteiger partial charge in [-0.2, -0.15) is 0 Å². The summed E-state index contributed by atoms with van der Waals surface area (Å²) in [6.45, 7) is 11.4. The Kier molecular flexibility index (Phi) is 5.70. The van der Waals surface area contributed by atoms with Crippen LogP contribution in [0.1, 0.15) is 13.8 Å². The second kappa shape index (κ2) is 6.40. The second-order valence-electron chi connectivity index (χ2n) is 2.37. The minimum absolute atomic E-state index is 0.616. The van der Waals surface area contributed by atoms with E-state index in [1.54, 1.807) is 12.3 Å². The number of ether oxygens (including phenoxy) is 1. The highest BCUT2D eigenvalue weighted by Crippen LogP contribution is 2.01. The van der Waals surface area contributed by atoms with Gasteiger partial charge in [0.15, 0.2) is 0 Å². The molecule has 0 fully saturated rings. The Morgan fingerprint density at radius 2 is 2.17 bits per heavy atom. The zero-order valence-electron chi connectivity index (χ0n) is 7.71. The summed E-state index contributed by atoms with van der Waals surface area (Å²) in [6.07, 6.45) is 5.18. The molecule has 0 N–H and O–H groups in total. The molecule has 0 bridgehead atoms. The van der Waals surface area contributed by atoms with Crippen molar-refractivity contribution in [3.63, 3.8) is 0 Å². The minimum Gasteiger partial charge on any atom is -0.468 e. The molecule has 0 aromatic rings. The molecule has 2 heteroatoms. The standard InChI is InChI=1S/C10H15NO/c1-5-7-11-8-6-10(4)12-9(2)3/h5-7H,1-2,8H2,3-4H3/b10-6-,11-7?. The predicted molar refractivity (Wildman–Crippen MR) is 53.2 cm³/mol. The van der Waals surface area contributed by atoms with Gasteiger partial charge in [0.05, 0.1) is 18.1 Å². The van der Waals surface area contributed by atoms with E-state index in [1.807, 2.05) is 19.9 Å². The molecule has 0 saturated carbocycles. The summed E-state index contributed by atoms with van der Waals surface area (Å²) < 4.78 is 5.20. The number of rotatable bonds is 5. The Bertz CT molecular complexity index is 214. The van der Waals surface area contributed by atoms with E-state index in [4.69, 9.17) is 4.74 Å². The molecule has 0 heterocycles. The third-order valence-electron chi connectivity index (χ3n) is 1.03. The van der Waals surface area contributed by atoms with Crippen LogP contribution < -0.4 is 0 Å². The van der Waals surface area contributed by atoms with Gasteiger partial charge in [0.1, 0.15) is 0 Å². The summed E-state index contributed by atoms with van der Waals surface area (Å²) in [5.74, 6) is 1.51. The smallest absolute Gasteiger partial charge is 0.0983 e. The normalized spacial score (nSPS) is 11.7. The van der Waals surface area contributed by atoms with E-state index in [2.05, 4.69) is 18.2 Å². The fourth-order valence-corrected chi connectivity index (χ4v) is 0.633. The molecule has 0 aliphatic heterocycles. The highest BCUT2D eigenvalue weighted by atomic mass is 16.5. The number of hydrogen-bond acceptors (Lipinski definition) is 2. The van der Waals surface area contributed by atoms with E-state index in [0.29, 0.717) is 12.3 Å². The van der Waals surface area contributed by atoms with Crippen LogP contribution in [0.2, 0.25) is 0 Å². The van der Waals surface area contributed by atoms with Crippen molar-refractivity contribution in [2.75, 3.05) is 6.54 Å². The molecule has 0 aromatic heterocycles. The molecule has 0 aliphatic carbocycles. The van der Waals surface area contributed by atoms with Crippen molar-refractivity contribution < 1.29 is 4.74 Å². The quantitative estimate of drug-likeness (QED) is 0.453. The van der Waals surface area contributed by atoms with Crippen LogP contribution in [0.25, 0.3) is 0 Å². The zero-order valence-corrected chi connectivity index (χ0v) is 7.71. The van der Waals surface area contributed by atoms with Crippen molar-refractivity contribution in [2.24, 2.45) is 4.99 Å². The van der Waals surface area contributed by atoms with Gasteiger partial charge in [0.2, 0.25) is 0 Å². The molecular weight excluding hydrogens is 150 g/mol. The average molecular weight is 165 g/mol. The van der Waals surface area contributed by atoms with E-state index in [1.165, 1.54) is 0 Å². The molecule has 2 nitrogen and oxygen atoms in total. The molecule has 0 saturated heterocycles. The Morgan fingerprint density at radius 1 is 1.50 bits per heavy atom. The van der Waals surface area contributed by atoms with Crippen LogP contribution in [-0.4, -0.2) is 12.8 Å². The fourth-order valence-electron chi connectivity index (χ4n) is 0.633. The molecule has 0 atom stereocenters. The first-order valence-electron chi connectivity index (χ1n) is 3.77. The highest BCUT2D eigenvalue weighted by molar-refractivity contribution is 5.70. The number of aliphatic imine (C=N–C) groups is 1. The topological polar surface area (TPSA) is 21.6 Å². The predicted octanol–water partition coefficient (Wildman–Crippen LogP) is 2.70. The first-order valence-corrected chi connectivity index (χ1v) is 3.77. The van der Waals surface area contributed by atoms with E-state index in [0.717, 1.165) is 5.76 Å². The molecular formula is C10H15NO. The van der Waals surface area contributed by atoms with Gasteiger partial charge in [-0.25, -0.2) is 0 Å². The van der Waals surface area contributed by atoms with Crippen LogP contribution in [0.15, 0.2) is 41.8 Å². The maximum Gasteiger partial charge on any atom is 0.0983 e. The van der Waals surface area contributed by atoms with Gasteiger partial charge in [-0.15, -0.1) is 0 Å². The van der Waals surface area contributed by atoms with Crippen LogP contribution in [0.4, 0.5) is 0 Å². The molecule has 12 heavy (non-hydrogen) atoms. The average Bonchev–Trinajstić information content (AvgIpc) is 1.97. The summed E-state index contributed by atoms with van der Waals surface area (Å²) in [6, 6.07) is 0. The minimum atomic E-state index is 0.616. The lowest BCUT2D eigenvalue weighted by Gasteiger charge is -2.02. The largest absolute Gasteiger partial charge is 0.468 e. The van der Waals surface area contributed by atoms with E-state index < -0.39 is 0 Å². The van der Waals surface area contributed by atoms with Crippen molar-refractivity contribution in [2.45, 2.75) is 13.8 Å². The van der Waals surface area contributed by atoms with Crippen LogP contribution in [0, 0.1) is 0 Å². The number of nitrogens with zero attached hydrogens (tertiary/aromatic N) is 1. The first-order chi connectivity index (χ1) is 5.66. The van der Waals surface area contributed by atoms with E-state index >= 15 is 0 Å². The van der Waals surface area contributed by atoms with Gasteiger partial charge in [0, 0.05) is 6.21 Å². The molecule has 0 spiro atoms. The van der Waals surface area contributed by atoms with Gasteiger partial charge < -0.3 is 4.74 Å². The molecule has 66 valence electrons. The molecule has 0 amide bonds. The van der Waals surface area contributed by atoms with Crippen molar-refractivity contribution in [1.29, 1.82) is 0 Å². The summed E-state index contributed by atoms with van der Waals surface area (Å²) in [5.41, 5.74) is 0. The van der Waals surface area contributed by atoms with Gasteiger partial charge in [-0.05, 0) is 19.9 Å². The van der Waals surface area contributed by atoms with Crippen LogP contribution in [-0.2, 0) is 4.74 Å². The SMILES string of the molecule is C=CC=NC/C=C(/C)OC(=C)C. The lowest BCUT2D eigenvalue weighted by atomic mass is 10.4. The van der Waals surface area contributed by atoms with Crippen LogP contribution in [0.5, 0.6) is 0 Å². The number of hydrogen-bond donors (Lipinski definition) is 0. The summed E-state index contributed by atoms with van der Waals surface area (Å²) >= 11 is 0. The molecule has 0 radical (unpaired) electrons.